The van der Waals surface area contributed by atoms with Gasteiger partial charge in [-0.05, 0) is 67.3 Å². The van der Waals surface area contributed by atoms with Gasteiger partial charge in [0.25, 0.3) is 0 Å². The fraction of sp³-hybridized carbons (Fsp3) is 0.375. The third-order valence-corrected chi connectivity index (χ3v) is 4.27. The van der Waals surface area contributed by atoms with E-state index in [1.807, 2.05) is 12.1 Å². The first-order valence-electron chi connectivity index (χ1n) is 10.1. The summed E-state index contributed by atoms with van der Waals surface area (Å²) in [5.41, 5.74) is 8.91. The molecule has 28 heavy (non-hydrogen) atoms. The van der Waals surface area contributed by atoms with E-state index in [1.54, 1.807) is 30.3 Å². The van der Waals surface area contributed by atoms with Crippen LogP contribution < -0.4 is 15.2 Å². The van der Waals surface area contributed by atoms with Crippen LogP contribution in [0.25, 0.3) is 6.08 Å². The highest BCUT2D eigenvalue weighted by atomic mass is 16.5. The maximum absolute atomic E-state index is 12.6. The number of ether oxygens (including phenoxy) is 2. The van der Waals surface area contributed by atoms with Crippen molar-refractivity contribution in [3.05, 3.63) is 59.2 Å². The molecule has 2 aromatic rings. The fourth-order valence-electron chi connectivity index (χ4n) is 2.87. The number of allylic oxidation sites excluding steroid dienone is 1. The summed E-state index contributed by atoms with van der Waals surface area (Å²) in [5, 5.41) is 0. The topological polar surface area (TPSA) is 61.5 Å². The molecule has 2 aromatic carbocycles. The molecule has 0 unspecified atom stereocenters. The van der Waals surface area contributed by atoms with Crippen LogP contribution in [0.3, 0.4) is 0 Å². The van der Waals surface area contributed by atoms with Gasteiger partial charge >= 0.3 is 0 Å². The van der Waals surface area contributed by atoms with Crippen molar-refractivity contribution in [3.8, 4) is 11.5 Å². The Balaban J connectivity index is 2.42. The Morgan fingerprint density at radius 3 is 2.25 bits per heavy atom. The summed E-state index contributed by atoms with van der Waals surface area (Å²) < 4.78 is 12.0. The lowest BCUT2D eigenvalue weighted by molar-refractivity contribution is 0.104. The number of nitrogens with two attached hydrogens (primary N) is 1. The first-order chi connectivity index (χ1) is 13.6. The first kappa shape index (κ1) is 21.5. The Labute approximate surface area is 168 Å². The van der Waals surface area contributed by atoms with Crippen molar-refractivity contribution in [2.24, 2.45) is 0 Å². The second-order valence-corrected chi connectivity index (χ2v) is 6.73. The van der Waals surface area contributed by atoms with Crippen LogP contribution in [0.15, 0.2) is 42.5 Å². The molecule has 2 N–H and O–H groups in total. The van der Waals surface area contributed by atoms with Gasteiger partial charge < -0.3 is 15.2 Å². The number of carbonyl (C=O) groups excluding carboxylic acids is 1. The van der Waals surface area contributed by atoms with E-state index >= 15 is 0 Å². The molecule has 150 valence electrons. The molecule has 0 saturated heterocycles. The maximum atomic E-state index is 12.6. The van der Waals surface area contributed by atoms with Gasteiger partial charge in [-0.3, -0.25) is 4.79 Å². The maximum Gasteiger partial charge on any atom is 0.185 e. The number of hydrogen-bond acceptors (Lipinski definition) is 4. The van der Waals surface area contributed by atoms with Crippen molar-refractivity contribution in [2.45, 2.75) is 46.5 Å². The third-order valence-electron chi connectivity index (χ3n) is 4.27. The van der Waals surface area contributed by atoms with Crippen LogP contribution in [0.1, 0.15) is 61.5 Å². The van der Waals surface area contributed by atoms with Gasteiger partial charge in [0.2, 0.25) is 0 Å². The van der Waals surface area contributed by atoms with Crippen LogP contribution in [-0.2, 0) is 6.42 Å². The Morgan fingerprint density at radius 2 is 1.61 bits per heavy atom. The molecule has 0 spiro atoms. The molecule has 0 heterocycles. The van der Waals surface area contributed by atoms with Crippen LogP contribution >= 0.6 is 0 Å². The van der Waals surface area contributed by atoms with Crippen LogP contribution in [0.5, 0.6) is 11.5 Å². The van der Waals surface area contributed by atoms with Crippen molar-refractivity contribution < 1.29 is 14.3 Å². The molecule has 4 heteroatoms. The van der Waals surface area contributed by atoms with Crippen LogP contribution in [-0.4, -0.2) is 19.0 Å². The smallest absolute Gasteiger partial charge is 0.185 e. The highest BCUT2D eigenvalue weighted by Gasteiger charge is 2.14. The molecular weight excluding hydrogens is 350 g/mol. The summed E-state index contributed by atoms with van der Waals surface area (Å²) in [6.45, 7) is 7.54. The lowest BCUT2D eigenvalue weighted by Gasteiger charge is -2.17. The SMILES string of the molecule is CCCOc1ccc(CCC)c(OCCC)c1/C=C/C(=O)c1ccc(N)cc1. The third kappa shape index (κ3) is 5.88. The van der Waals surface area contributed by atoms with E-state index in [9.17, 15) is 4.79 Å². The molecule has 0 fully saturated rings. The summed E-state index contributed by atoms with van der Waals surface area (Å²) in [6, 6.07) is 11.0. The highest BCUT2D eigenvalue weighted by molar-refractivity contribution is 6.07. The van der Waals surface area contributed by atoms with Gasteiger partial charge in [0.15, 0.2) is 5.78 Å². The summed E-state index contributed by atoms with van der Waals surface area (Å²) in [5.74, 6) is 1.48. The monoisotopic (exact) mass is 381 g/mol. The van der Waals surface area contributed by atoms with Crippen LogP contribution in [0.2, 0.25) is 0 Å². The molecule has 0 aromatic heterocycles. The second kappa shape index (κ2) is 11.2. The van der Waals surface area contributed by atoms with Gasteiger partial charge in [-0.2, -0.15) is 0 Å². The van der Waals surface area contributed by atoms with E-state index in [-0.39, 0.29) is 5.78 Å². The number of anilines is 1. The van der Waals surface area contributed by atoms with E-state index in [4.69, 9.17) is 15.2 Å². The van der Waals surface area contributed by atoms with Gasteiger partial charge in [-0.1, -0.05) is 33.3 Å². The van der Waals surface area contributed by atoms with Crippen molar-refractivity contribution >= 4 is 17.5 Å². The predicted molar refractivity (Wildman–Crippen MR) is 116 cm³/mol. The number of nitrogen functional groups attached to an aromatic ring is 1. The van der Waals surface area contributed by atoms with Crippen molar-refractivity contribution in [1.82, 2.24) is 0 Å². The first-order valence-corrected chi connectivity index (χ1v) is 10.1. The molecule has 0 atom stereocenters. The van der Waals surface area contributed by atoms with Gasteiger partial charge in [0, 0.05) is 11.3 Å². The van der Waals surface area contributed by atoms with Gasteiger partial charge in [-0.15, -0.1) is 0 Å². The molecule has 0 bridgehead atoms. The Hall–Kier alpha value is -2.75. The lowest BCUT2D eigenvalue weighted by Crippen LogP contribution is -2.05. The Bertz CT molecular complexity index is 794. The zero-order valence-electron chi connectivity index (χ0n) is 17.2. The van der Waals surface area contributed by atoms with Crippen molar-refractivity contribution in [3.63, 3.8) is 0 Å². The van der Waals surface area contributed by atoms with Crippen LogP contribution in [0.4, 0.5) is 5.69 Å². The van der Waals surface area contributed by atoms with E-state index in [0.717, 1.165) is 48.3 Å². The number of hydrogen-bond donors (Lipinski definition) is 1. The average molecular weight is 382 g/mol. The minimum atomic E-state index is -0.0798. The van der Waals surface area contributed by atoms with E-state index in [2.05, 4.69) is 26.8 Å². The second-order valence-electron chi connectivity index (χ2n) is 6.73. The van der Waals surface area contributed by atoms with Crippen LogP contribution in [0, 0.1) is 0 Å². The highest BCUT2D eigenvalue weighted by Crippen LogP contribution is 2.35. The Morgan fingerprint density at radius 1 is 0.929 bits per heavy atom. The standard InChI is InChI=1S/C24H31NO3/c1-4-7-19-10-15-23(27-16-5-2)21(24(19)28-17-6-3)13-14-22(26)18-8-11-20(25)12-9-18/h8-15H,4-7,16-17,25H2,1-3H3/b14-13+. The van der Waals surface area contributed by atoms with E-state index in [1.165, 1.54) is 0 Å². The quantitative estimate of drug-likeness (QED) is 0.308. The van der Waals surface area contributed by atoms with Crippen molar-refractivity contribution in [1.29, 1.82) is 0 Å². The normalized spacial score (nSPS) is 11.0. The lowest BCUT2D eigenvalue weighted by atomic mass is 10.0. The Kier molecular flexibility index (Phi) is 8.60. The molecule has 0 aliphatic carbocycles. The predicted octanol–water partition coefficient (Wildman–Crippen LogP) is 5.70. The van der Waals surface area contributed by atoms with Crippen molar-refractivity contribution in [2.75, 3.05) is 18.9 Å². The molecule has 4 nitrogen and oxygen atoms in total. The number of rotatable bonds is 11. The number of aryl methyl sites for hydroxylation is 1. The molecule has 2 rings (SSSR count). The number of ketones is 1. The number of benzene rings is 2. The average Bonchev–Trinajstić information content (AvgIpc) is 2.70. The van der Waals surface area contributed by atoms with E-state index in [0.29, 0.717) is 24.5 Å². The minimum absolute atomic E-state index is 0.0798. The molecular formula is C24H31NO3. The summed E-state index contributed by atoms with van der Waals surface area (Å²) in [6.07, 6.45) is 7.15. The van der Waals surface area contributed by atoms with Gasteiger partial charge in [0.05, 0.1) is 18.8 Å². The van der Waals surface area contributed by atoms with Gasteiger partial charge in [0.1, 0.15) is 11.5 Å². The largest absolute Gasteiger partial charge is 0.493 e. The minimum Gasteiger partial charge on any atom is -0.493 e. The van der Waals surface area contributed by atoms with Gasteiger partial charge in [-0.25, -0.2) is 0 Å². The van der Waals surface area contributed by atoms with E-state index < -0.39 is 0 Å². The molecule has 0 aliphatic heterocycles. The molecule has 0 saturated carbocycles. The molecule has 0 aliphatic rings. The fourth-order valence-corrected chi connectivity index (χ4v) is 2.87. The zero-order valence-corrected chi connectivity index (χ0v) is 17.2. The summed E-state index contributed by atoms with van der Waals surface area (Å²) in [7, 11) is 0. The summed E-state index contributed by atoms with van der Waals surface area (Å²) in [4.78, 5) is 12.6. The zero-order chi connectivity index (χ0) is 20.4. The summed E-state index contributed by atoms with van der Waals surface area (Å²) >= 11 is 0. The number of carbonyl (C=O) groups is 1. The molecule has 0 radical (unpaired) electrons. The molecule has 0 amide bonds.